The molecule has 3 aromatic rings. The van der Waals surface area contributed by atoms with Crippen molar-refractivity contribution in [3.05, 3.63) is 65.5 Å². The van der Waals surface area contributed by atoms with Gasteiger partial charge in [0.05, 0.1) is 6.10 Å². The van der Waals surface area contributed by atoms with Gasteiger partial charge in [-0.1, -0.05) is 30.3 Å². The minimum absolute atomic E-state index is 0.0776. The maximum Gasteiger partial charge on any atom is 0.313 e. The van der Waals surface area contributed by atoms with Crippen LogP contribution in [0.3, 0.4) is 0 Å². The first-order chi connectivity index (χ1) is 14.6. The molecule has 4 rings (SSSR count). The topological polar surface area (TPSA) is 96.9 Å². The summed E-state index contributed by atoms with van der Waals surface area (Å²) >= 11 is 1.64. The third kappa shape index (κ3) is 4.61. The van der Waals surface area contributed by atoms with Crippen LogP contribution in [0.2, 0.25) is 0 Å². The Labute approximate surface area is 177 Å². The largest absolute Gasteiger partial charge is 0.486 e. The van der Waals surface area contributed by atoms with Gasteiger partial charge in [-0.05, 0) is 34.7 Å². The second-order valence-electron chi connectivity index (χ2n) is 6.64. The highest BCUT2D eigenvalue weighted by Crippen LogP contribution is 2.32. The van der Waals surface area contributed by atoms with Crippen LogP contribution in [-0.4, -0.2) is 36.7 Å². The SMILES string of the molecule is O=C(NCC(O)c1ccc(-c2cccs2)cc1)C(=O)Nc1ccc2c(c1)OCCO2. The van der Waals surface area contributed by atoms with Crippen molar-refractivity contribution in [1.29, 1.82) is 0 Å². The Morgan fingerprint density at radius 3 is 2.50 bits per heavy atom. The minimum Gasteiger partial charge on any atom is -0.486 e. The van der Waals surface area contributed by atoms with Gasteiger partial charge in [0.2, 0.25) is 0 Å². The molecule has 0 saturated heterocycles. The number of aliphatic hydroxyl groups is 1. The summed E-state index contributed by atoms with van der Waals surface area (Å²) < 4.78 is 10.9. The van der Waals surface area contributed by atoms with Crippen LogP contribution in [0.15, 0.2) is 60.0 Å². The molecular weight excluding hydrogens is 404 g/mol. The number of aliphatic hydroxyl groups excluding tert-OH is 1. The third-order valence-electron chi connectivity index (χ3n) is 4.56. The molecule has 2 heterocycles. The fourth-order valence-electron chi connectivity index (χ4n) is 3.01. The summed E-state index contributed by atoms with van der Waals surface area (Å²) in [6.07, 6.45) is -0.923. The third-order valence-corrected chi connectivity index (χ3v) is 5.48. The molecule has 30 heavy (non-hydrogen) atoms. The molecule has 0 fully saturated rings. The molecule has 1 unspecified atom stereocenters. The summed E-state index contributed by atoms with van der Waals surface area (Å²) in [6, 6.07) is 16.4. The van der Waals surface area contributed by atoms with Crippen molar-refractivity contribution >= 4 is 28.8 Å². The molecule has 1 aliphatic heterocycles. The predicted molar refractivity (Wildman–Crippen MR) is 114 cm³/mol. The lowest BCUT2D eigenvalue weighted by atomic mass is 10.1. The maximum absolute atomic E-state index is 12.1. The monoisotopic (exact) mass is 424 g/mol. The van der Waals surface area contributed by atoms with Crippen molar-refractivity contribution in [3.8, 4) is 21.9 Å². The number of thiophene rings is 1. The summed E-state index contributed by atoms with van der Waals surface area (Å²) in [4.78, 5) is 25.4. The number of amides is 2. The Bertz CT molecular complexity index is 1030. The maximum atomic E-state index is 12.1. The molecule has 0 bridgehead atoms. The van der Waals surface area contributed by atoms with E-state index in [0.717, 1.165) is 10.4 Å². The van der Waals surface area contributed by atoms with Crippen LogP contribution < -0.4 is 20.1 Å². The molecule has 1 aromatic heterocycles. The highest BCUT2D eigenvalue weighted by molar-refractivity contribution is 7.13. The zero-order valence-corrected chi connectivity index (χ0v) is 16.8. The quantitative estimate of drug-likeness (QED) is 0.547. The van der Waals surface area contributed by atoms with Crippen LogP contribution in [0, 0.1) is 0 Å². The van der Waals surface area contributed by atoms with Crippen molar-refractivity contribution in [2.24, 2.45) is 0 Å². The van der Waals surface area contributed by atoms with E-state index in [1.165, 1.54) is 0 Å². The van der Waals surface area contributed by atoms with E-state index in [4.69, 9.17) is 9.47 Å². The van der Waals surface area contributed by atoms with Crippen LogP contribution in [-0.2, 0) is 9.59 Å². The molecule has 2 aromatic carbocycles. The van der Waals surface area contributed by atoms with Gasteiger partial charge in [-0.25, -0.2) is 0 Å². The number of benzene rings is 2. The van der Waals surface area contributed by atoms with E-state index < -0.39 is 17.9 Å². The number of anilines is 1. The Kier molecular flexibility index (Phi) is 5.97. The zero-order chi connectivity index (χ0) is 20.9. The zero-order valence-electron chi connectivity index (χ0n) is 16.0. The molecule has 0 radical (unpaired) electrons. The second-order valence-corrected chi connectivity index (χ2v) is 7.59. The van der Waals surface area contributed by atoms with Crippen LogP contribution in [0.1, 0.15) is 11.7 Å². The Hall–Kier alpha value is -3.36. The summed E-state index contributed by atoms with van der Waals surface area (Å²) in [5.41, 5.74) is 2.13. The number of rotatable bonds is 5. The number of fused-ring (bicyclic) bond motifs is 1. The molecular formula is C22H20N2O5S. The smallest absolute Gasteiger partial charge is 0.313 e. The molecule has 0 saturated carbocycles. The van der Waals surface area contributed by atoms with E-state index in [-0.39, 0.29) is 6.54 Å². The first-order valence-electron chi connectivity index (χ1n) is 9.41. The summed E-state index contributed by atoms with van der Waals surface area (Å²) in [5.74, 6) is -0.552. The Morgan fingerprint density at radius 1 is 1.00 bits per heavy atom. The summed E-state index contributed by atoms with van der Waals surface area (Å²) in [6.45, 7) is 0.822. The average molecular weight is 424 g/mol. The lowest BCUT2D eigenvalue weighted by molar-refractivity contribution is -0.136. The van der Waals surface area contributed by atoms with Crippen molar-refractivity contribution < 1.29 is 24.2 Å². The van der Waals surface area contributed by atoms with Gasteiger partial charge < -0.3 is 25.2 Å². The van der Waals surface area contributed by atoms with Crippen molar-refractivity contribution in [2.75, 3.05) is 25.1 Å². The average Bonchev–Trinajstić information content (AvgIpc) is 3.32. The highest BCUT2D eigenvalue weighted by Gasteiger charge is 2.18. The molecule has 1 atom stereocenters. The molecule has 3 N–H and O–H groups in total. The number of hydrogen-bond acceptors (Lipinski definition) is 6. The number of hydrogen-bond donors (Lipinski definition) is 3. The van der Waals surface area contributed by atoms with Gasteiger partial charge in [-0.15, -0.1) is 11.3 Å². The second kappa shape index (κ2) is 8.98. The number of carbonyl (C=O) groups excluding carboxylic acids is 2. The lowest BCUT2D eigenvalue weighted by Gasteiger charge is -2.19. The first-order valence-corrected chi connectivity index (χ1v) is 10.3. The number of carbonyl (C=O) groups is 2. The van der Waals surface area contributed by atoms with E-state index in [2.05, 4.69) is 10.6 Å². The van der Waals surface area contributed by atoms with Gasteiger partial charge in [-0.2, -0.15) is 0 Å². The highest BCUT2D eigenvalue weighted by atomic mass is 32.1. The van der Waals surface area contributed by atoms with Crippen molar-refractivity contribution in [2.45, 2.75) is 6.10 Å². The van der Waals surface area contributed by atoms with Gasteiger partial charge in [0.1, 0.15) is 13.2 Å². The predicted octanol–water partition coefficient (Wildman–Crippen LogP) is 2.97. The van der Waals surface area contributed by atoms with Gasteiger partial charge in [0.15, 0.2) is 11.5 Å². The Morgan fingerprint density at radius 2 is 1.77 bits per heavy atom. The van der Waals surface area contributed by atoms with Crippen LogP contribution in [0.5, 0.6) is 11.5 Å². The summed E-state index contributed by atoms with van der Waals surface area (Å²) in [5, 5.41) is 17.3. The molecule has 2 amide bonds. The van der Waals surface area contributed by atoms with Gasteiger partial charge in [0.25, 0.3) is 0 Å². The van der Waals surface area contributed by atoms with E-state index >= 15 is 0 Å². The number of ether oxygens (including phenoxy) is 2. The fourth-order valence-corrected chi connectivity index (χ4v) is 3.74. The fraction of sp³-hybridized carbons (Fsp3) is 0.182. The van der Waals surface area contributed by atoms with Crippen LogP contribution >= 0.6 is 11.3 Å². The molecule has 0 aliphatic carbocycles. The Balaban J connectivity index is 1.30. The number of nitrogens with one attached hydrogen (secondary N) is 2. The van der Waals surface area contributed by atoms with E-state index in [1.54, 1.807) is 41.7 Å². The summed E-state index contributed by atoms with van der Waals surface area (Å²) in [7, 11) is 0. The minimum atomic E-state index is -0.923. The van der Waals surface area contributed by atoms with Gasteiger partial charge >= 0.3 is 11.8 Å². The first kappa shape index (κ1) is 19.9. The van der Waals surface area contributed by atoms with Gasteiger partial charge in [-0.3, -0.25) is 9.59 Å². The standard InChI is InChI=1S/C22H20N2O5S/c25-17(14-3-5-15(6-4-14)20-2-1-11-30-20)13-23-21(26)22(27)24-16-7-8-18-19(12-16)29-10-9-28-18/h1-8,11-12,17,25H,9-10,13H2,(H,23,26)(H,24,27). The molecule has 1 aliphatic rings. The molecule has 8 heteroatoms. The van der Waals surface area contributed by atoms with Gasteiger partial charge in [0, 0.05) is 23.2 Å². The molecule has 7 nitrogen and oxygen atoms in total. The van der Waals surface area contributed by atoms with Crippen molar-refractivity contribution in [3.63, 3.8) is 0 Å². The van der Waals surface area contributed by atoms with Crippen LogP contribution in [0.4, 0.5) is 5.69 Å². The van der Waals surface area contributed by atoms with Crippen molar-refractivity contribution in [1.82, 2.24) is 5.32 Å². The normalized spacial score (nSPS) is 13.4. The molecule has 154 valence electrons. The van der Waals surface area contributed by atoms with Crippen LogP contribution in [0.25, 0.3) is 10.4 Å². The lowest BCUT2D eigenvalue weighted by Crippen LogP contribution is -2.37. The van der Waals surface area contributed by atoms with E-state index in [9.17, 15) is 14.7 Å². The van der Waals surface area contributed by atoms with E-state index in [0.29, 0.717) is 36.0 Å². The molecule has 0 spiro atoms. The van der Waals surface area contributed by atoms with E-state index in [1.807, 2.05) is 29.6 Å².